The van der Waals surface area contributed by atoms with Gasteiger partial charge in [0.1, 0.15) is 16.9 Å². The Kier molecular flexibility index (Phi) is 6.37. The molecule has 0 aromatic carbocycles. The quantitative estimate of drug-likeness (QED) is 0.597. The minimum absolute atomic E-state index is 0.190. The first-order valence-electron chi connectivity index (χ1n) is 12.2. The lowest BCUT2D eigenvalue weighted by Crippen LogP contribution is -2.42. The molecular formula is C24H34ClN5O4. The molecule has 1 spiro atoms. The first-order valence-corrected chi connectivity index (χ1v) is 12.6. The predicted octanol–water partition coefficient (Wildman–Crippen LogP) is 3.94. The highest BCUT2D eigenvalue weighted by Crippen LogP contribution is 2.41. The maximum Gasteiger partial charge on any atom is 0.410 e. The van der Waals surface area contributed by atoms with Crippen molar-refractivity contribution < 1.29 is 18.7 Å². The summed E-state index contributed by atoms with van der Waals surface area (Å²) in [7, 11) is 0. The van der Waals surface area contributed by atoms with Crippen molar-refractivity contribution in [1.82, 2.24) is 19.8 Å². The van der Waals surface area contributed by atoms with Crippen LogP contribution >= 0.6 is 11.6 Å². The van der Waals surface area contributed by atoms with E-state index < -0.39 is 5.60 Å². The van der Waals surface area contributed by atoms with Gasteiger partial charge in [0.05, 0.1) is 19.8 Å². The van der Waals surface area contributed by atoms with Crippen molar-refractivity contribution in [2.24, 2.45) is 5.41 Å². The second kappa shape index (κ2) is 9.17. The van der Waals surface area contributed by atoms with Gasteiger partial charge in [-0.15, -0.1) is 0 Å². The molecule has 0 unspecified atom stereocenters. The van der Waals surface area contributed by atoms with Gasteiger partial charge in [0.2, 0.25) is 5.28 Å². The summed E-state index contributed by atoms with van der Waals surface area (Å²) in [6.45, 7) is 12.8. The van der Waals surface area contributed by atoms with Crippen LogP contribution in [0.4, 0.5) is 10.6 Å². The van der Waals surface area contributed by atoms with Crippen molar-refractivity contribution in [2.75, 3.05) is 57.4 Å². The topological polar surface area (TPSA) is 84.2 Å². The Hall–Kier alpha value is -2.10. The summed E-state index contributed by atoms with van der Waals surface area (Å²) >= 11 is 6.21. The first-order chi connectivity index (χ1) is 16.2. The maximum absolute atomic E-state index is 12.5. The molecule has 5 heterocycles. The molecule has 9 nitrogen and oxygen atoms in total. The van der Waals surface area contributed by atoms with Gasteiger partial charge in [-0.3, -0.25) is 4.90 Å². The Bertz CT molecular complexity index is 1040. The van der Waals surface area contributed by atoms with Gasteiger partial charge in [-0.1, -0.05) is 0 Å². The third kappa shape index (κ3) is 5.11. The van der Waals surface area contributed by atoms with E-state index in [-0.39, 0.29) is 16.8 Å². The zero-order chi connectivity index (χ0) is 23.9. The second-order valence-electron chi connectivity index (χ2n) is 10.8. The van der Waals surface area contributed by atoms with Crippen molar-refractivity contribution in [2.45, 2.75) is 52.2 Å². The van der Waals surface area contributed by atoms with Crippen LogP contribution in [-0.4, -0.2) is 83.9 Å². The number of carbonyl (C=O) groups excluding carboxylic acids is 1. The molecule has 3 aliphatic heterocycles. The number of piperidine rings is 1. The van der Waals surface area contributed by atoms with Crippen LogP contribution in [0.15, 0.2) is 10.5 Å². The molecule has 5 rings (SSSR count). The molecule has 3 saturated heterocycles. The highest BCUT2D eigenvalue weighted by molar-refractivity contribution is 6.28. The zero-order valence-electron chi connectivity index (χ0n) is 20.3. The van der Waals surface area contributed by atoms with Crippen LogP contribution in [0.25, 0.3) is 11.1 Å². The minimum atomic E-state index is -0.459. The molecule has 3 aliphatic rings. The molecule has 1 amide bonds. The van der Waals surface area contributed by atoms with Gasteiger partial charge in [-0.2, -0.15) is 4.98 Å². The fourth-order valence-electron chi connectivity index (χ4n) is 5.24. The number of morpholine rings is 1. The average Bonchev–Trinajstić information content (AvgIpc) is 3.38. The lowest BCUT2D eigenvalue weighted by atomic mass is 9.78. The number of halogens is 1. The van der Waals surface area contributed by atoms with Crippen LogP contribution in [0.3, 0.4) is 0 Å². The number of hydrogen-bond donors (Lipinski definition) is 0. The van der Waals surface area contributed by atoms with Gasteiger partial charge >= 0.3 is 6.09 Å². The lowest BCUT2D eigenvalue weighted by molar-refractivity contribution is 0.0244. The fourth-order valence-corrected chi connectivity index (χ4v) is 5.41. The molecule has 0 atom stereocenters. The second-order valence-corrected chi connectivity index (χ2v) is 11.1. The van der Waals surface area contributed by atoms with Crippen molar-refractivity contribution in [1.29, 1.82) is 0 Å². The van der Waals surface area contributed by atoms with Gasteiger partial charge < -0.3 is 23.7 Å². The molecule has 2 aromatic rings. The number of ether oxygens (including phenoxy) is 2. The number of aromatic nitrogens is 2. The molecule has 0 saturated carbocycles. The van der Waals surface area contributed by atoms with Crippen LogP contribution in [0.2, 0.25) is 5.28 Å². The van der Waals surface area contributed by atoms with Gasteiger partial charge in [-0.05, 0) is 70.1 Å². The highest BCUT2D eigenvalue weighted by Gasteiger charge is 2.43. The molecule has 2 aromatic heterocycles. The summed E-state index contributed by atoms with van der Waals surface area (Å²) in [5.41, 5.74) is 1.18. The summed E-state index contributed by atoms with van der Waals surface area (Å²) in [5, 5.41) is 0.233. The van der Waals surface area contributed by atoms with Crippen molar-refractivity contribution in [3.63, 3.8) is 0 Å². The van der Waals surface area contributed by atoms with Crippen molar-refractivity contribution in [3.05, 3.63) is 17.1 Å². The molecule has 10 heteroatoms. The van der Waals surface area contributed by atoms with Crippen molar-refractivity contribution >= 4 is 34.6 Å². The average molecular weight is 492 g/mol. The van der Waals surface area contributed by atoms with Crippen LogP contribution in [0.1, 0.15) is 45.8 Å². The van der Waals surface area contributed by atoms with E-state index in [9.17, 15) is 4.79 Å². The number of carbonyl (C=O) groups is 1. The monoisotopic (exact) mass is 491 g/mol. The summed E-state index contributed by atoms with van der Waals surface area (Å²) < 4.78 is 17.3. The zero-order valence-corrected chi connectivity index (χ0v) is 21.1. The van der Waals surface area contributed by atoms with Crippen LogP contribution in [-0.2, 0) is 16.0 Å². The van der Waals surface area contributed by atoms with Gasteiger partial charge in [-0.25, -0.2) is 9.78 Å². The Labute approximate surface area is 205 Å². The van der Waals surface area contributed by atoms with Crippen LogP contribution < -0.4 is 4.90 Å². The highest BCUT2D eigenvalue weighted by atomic mass is 35.5. The molecule has 0 radical (unpaired) electrons. The summed E-state index contributed by atoms with van der Waals surface area (Å²) in [6, 6.07) is 1.98. The van der Waals surface area contributed by atoms with E-state index in [1.54, 1.807) is 0 Å². The van der Waals surface area contributed by atoms with E-state index in [1.807, 2.05) is 31.7 Å². The molecule has 0 N–H and O–H groups in total. The summed E-state index contributed by atoms with van der Waals surface area (Å²) in [4.78, 5) is 27.8. The molecule has 0 aliphatic carbocycles. The largest absolute Gasteiger partial charge is 0.454 e. The molecule has 0 bridgehead atoms. The number of nitrogens with zero attached hydrogens (tertiary/aromatic N) is 5. The van der Waals surface area contributed by atoms with Crippen molar-refractivity contribution in [3.8, 4) is 0 Å². The minimum Gasteiger partial charge on any atom is -0.454 e. The van der Waals surface area contributed by atoms with Gasteiger partial charge in [0.25, 0.3) is 0 Å². The molecular weight excluding hydrogens is 458 g/mol. The van der Waals surface area contributed by atoms with E-state index in [0.717, 1.165) is 82.2 Å². The molecule has 186 valence electrons. The van der Waals surface area contributed by atoms with E-state index in [2.05, 4.69) is 19.8 Å². The third-order valence-electron chi connectivity index (χ3n) is 7.07. The van der Waals surface area contributed by atoms with E-state index in [1.165, 1.54) is 0 Å². The number of hydrogen-bond acceptors (Lipinski definition) is 8. The van der Waals surface area contributed by atoms with Crippen LogP contribution in [0.5, 0.6) is 0 Å². The summed E-state index contributed by atoms with van der Waals surface area (Å²) in [5.74, 6) is 1.62. The number of fused-ring (bicyclic) bond motifs is 1. The number of furan rings is 1. The lowest BCUT2D eigenvalue weighted by Gasteiger charge is -2.39. The Morgan fingerprint density at radius 1 is 1.12 bits per heavy atom. The predicted molar refractivity (Wildman–Crippen MR) is 129 cm³/mol. The van der Waals surface area contributed by atoms with E-state index in [0.29, 0.717) is 18.8 Å². The molecule has 3 fully saturated rings. The standard InChI is InChI=1S/C24H34ClN5O4/c1-23(2,3)34-22(31)30-9-6-24(16-30)4-7-28(8-5-24)15-17-14-18-19(33-17)20(27-21(25)26-18)29-10-12-32-13-11-29/h14H,4-13,15-16H2,1-3H3. The smallest absolute Gasteiger partial charge is 0.410 e. The normalized spacial score (nSPS) is 21.5. The Morgan fingerprint density at radius 2 is 1.82 bits per heavy atom. The van der Waals surface area contributed by atoms with E-state index in [4.69, 9.17) is 25.5 Å². The first kappa shape index (κ1) is 23.6. The third-order valence-corrected chi connectivity index (χ3v) is 7.24. The number of likely N-dealkylation sites (tertiary alicyclic amines) is 2. The van der Waals surface area contributed by atoms with Gasteiger partial charge in [0.15, 0.2) is 11.4 Å². The van der Waals surface area contributed by atoms with E-state index >= 15 is 0 Å². The Morgan fingerprint density at radius 3 is 2.53 bits per heavy atom. The number of anilines is 1. The number of amides is 1. The Balaban J connectivity index is 1.21. The van der Waals surface area contributed by atoms with Gasteiger partial charge in [0, 0.05) is 32.2 Å². The number of rotatable bonds is 3. The maximum atomic E-state index is 12.5. The SMILES string of the molecule is CC(C)(C)OC(=O)N1CCC2(CCN(Cc3cc4nc(Cl)nc(N5CCOCC5)c4o3)CC2)C1. The summed E-state index contributed by atoms with van der Waals surface area (Å²) in [6.07, 6.45) is 2.99. The fraction of sp³-hybridized carbons (Fsp3) is 0.708. The molecule has 34 heavy (non-hydrogen) atoms. The van der Waals surface area contributed by atoms with Crippen LogP contribution in [0, 0.1) is 5.41 Å².